The van der Waals surface area contributed by atoms with E-state index in [9.17, 15) is 13.2 Å². The van der Waals surface area contributed by atoms with Gasteiger partial charge in [0.05, 0.1) is 5.69 Å². The molecule has 1 heterocycles. The van der Waals surface area contributed by atoms with E-state index in [2.05, 4.69) is 5.10 Å². The maximum absolute atomic E-state index is 12.5. The van der Waals surface area contributed by atoms with Crippen LogP contribution >= 0.6 is 0 Å². The Morgan fingerprint density at radius 2 is 2.06 bits per heavy atom. The number of allylic oxidation sites excluding steroid dienone is 2. The molecule has 0 aliphatic heterocycles. The summed E-state index contributed by atoms with van der Waals surface area (Å²) >= 11 is 0. The monoisotopic (exact) mass is 230 g/mol. The smallest absolute Gasteiger partial charge is 0.263 e. The minimum atomic E-state index is -4.32. The van der Waals surface area contributed by atoms with Gasteiger partial charge in [-0.15, -0.1) is 0 Å². The van der Waals surface area contributed by atoms with Crippen molar-refractivity contribution in [3.05, 3.63) is 23.5 Å². The molecule has 1 aromatic rings. The number of aryl methyl sites for hydroxylation is 1. The van der Waals surface area contributed by atoms with E-state index < -0.39 is 11.9 Å². The van der Waals surface area contributed by atoms with Crippen LogP contribution in [0.3, 0.4) is 0 Å². The topological polar surface area (TPSA) is 17.8 Å². The van der Waals surface area contributed by atoms with Crippen LogP contribution in [0.25, 0.3) is 5.57 Å². The highest BCUT2D eigenvalue weighted by Crippen LogP contribution is 2.32. The highest BCUT2D eigenvalue weighted by molar-refractivity contribution is 5.63. The van der Waals surface area contributed by atoms with Crippen LogP contribution < -0.4 is 0 Å². The van der Waals surface area contributed by atoms with E-state index in [1.54, 1.807) is 0 Å². The second kappa shape index (κ2) is 3.96. The van der Waals surface area contributed by atoms with Gasteiger partial charge in [0.15, 0.2) is 0 Å². The second-order valence-electron chi connectivity index (χ2n) is 4.01. The quantitative estimate of drug-likeness (QED) is 0.723. The minimum Gasteiger partial charge on any atom is -0.263 e. The summed E-state index contributed by atoms with van der Waals surface area (Å²) in [6.45, 7) is 0. The molecule has 1 aromatic heterocycles. The van der Waals surface area contributed by atoms with Gasteiger partial charge in [-0.05, 0) is 37.3 Å². The molecule has 0 fully saturated rings. The molecule has 0 saturated carbocycles. The first-order valence-electron chi connectivity index (χ1n) is 5.29. The van der Waals surface area contributed by atoms with Crippen molar-refractivity contribution < 1.29 is 13.2 Å². The second-order valence-corrected chi connectivity index (χ2v) is 4.01. The van der Waals surface area contributed by atoms with Gasteiger partial charge in [-0.3, -0.25) is 4.68 Å². The fraction of sp³-hybridized carbons (Fsp3) is 0.545. The van der Waals surface area contributed by atoms with Crippen molar-refractivity contribution in [1.82, 2.24) is 9.78 Å². The van der Waals surface area contributed by atoms with Gasteiger partial charge < -0.3 is 0 Å². The van der Waals surface area contributed by atoms with Gasteiger partial charge in [-0.1, -0.05) is 6.08 Å². The Kier molecular flexibility index (Phi) is 2.78. The fourth-order valence-corrected chi connectivity index (χ4v) is 1.96. The van der Waals surface area contributed by atoms with E-state index in [4.69, 9.17) is 0 Å². The number of hydrogen-bond acceptors (Lipinski definition) is 1. The molecular formula is C11H13F3N2. The molecule has 16 heavy (non-hydrogen) atoms. The molecule has 0 bridgehead atoms. The standard InChI is InChI=1S/C11H13F3N2/c1-16-10(11(12,13)14)7-9(15-16)8-5-3-2-4-6-8/h5,7H,2-4,6H2,1H3. The van der Waals surface area contributed by atoms with Gasteiger partial charge in [-0.25, -0.2) is 0 Å². The zero-order valence-electron chi connectivity index (χ0n) is 9.01. The number of rotatable bonds is 1. The molecule has 88 valence electrons. The van der Waals surface area contributed by atoms with Crippen molar-refractivity contribution in [3.63, 3.8) is 0 Å². The molecule has 0 aromatic carbocycles. The van der Waals surface area contributed by atoms with Crippen LogP contribution in [-0.2, 0) is 13.2 Å². The predicted molar refractivity (Wildman–Crippen MR) is 54.7 cm³/mol. The van der Waals surface area contributed by atoms with E-state index in [1.165, 1.54) is 7.05 Å². The molecule has 0 amide bonds. The summed E-state index contributed by atoms with van der Waals surface area (Å²) in [4.78, 5) is 0. The Hall–Kier alpha value is -1.26. The minimum absolute atomic E-state index is 0.467. The van der Waals surface area contributed by atoms with Crippen LogP contribution in [0.15, 0.2) is 12.1 Å². The first-order valence-corrected chi connectivity index (χ1v) is 5.29. The van der Waals surface area contributed by atoms with E-state index in [0.29, 0.717) is 5.69 Å². The van der Waals surface area contributed by atoms with Crippen molar-refractivity contribution in [1.29, 1.82) is 0 Å². The number of halogens is 3. The van der Waals surface area contributed by atoms with Gasteiger partial charge >= 0.3 is 6.18 Å². The first kappa shape index (κ1) is 11.2. The molecule has 2 nitrogen and oxygen atoms in total. The zero-order chi connectivity index (χ0) is 11.8. The molecule has 1 aliphatic carbocycles. The third-order valence-corrected chi connectivity index (χ3v) is 2.79. The van der Waals surface area contributed by atoms with Crippen LogP contribution in [0.4, 0.5) is 13.2 Å². The Balaban J connectivity index is 2.34. The summed E-state index contributed by atoms with van der Waals surface area (Å²) < 4.78 is 38.6. The van der Waals surface area contributed by atoms with Crippen LogP contribution in [0.2, 0.25) is 0 Å². The molecular weight excluding hydrogens is 217 g/mol. The molecule has 2 rings (SSSR count). The Labute approximate surface area is 91.8 Å². The average Bonchev–Trinajstić information content (AvgIpc) is 2.61. The van der Waals surface area contributed by atoms with Gasteiger partial charge in [0, 0.05) is 7.05 Å². The highest BCUT2D eigenvalue weighted by atomic mass is 19.4. The molecule has 0 radical (unpaired) electrons. The molecule has 1 aliphatic rings. The van der Waals surface area contributed by atoms with Crippen molar-refractivity contribution in [2.75, 3.05) is 0 Å². The number of nitrogens with zero attached hydrogens (tertiary/aromatic N) is 2. The largest absolute Gasteiger partial charge is 0.433 e. The lowest BCUT2D eigenvalue weighted by atomic mass is 9.97. The summed E-state index contributed by atoms with van der Waals surface area (Å²) in [5, 5.41) is 3.93. The van der Waals surface area contributed by atoms with Crippen LogP contribution in [0, 0.1) is 0 Å². The molecule has 0 saturated heterocycles. The predicted octanol–water partition coefficient (Wildman–Crippen LogP) is 3.40. The van der Waals surface area contributed by atoms with Crippen LogP contribution in [0.1, 0.15) is 37.1 Å². The van der Waals surface area contributed by atoms with Crippen molar-refractivity contribution >= 4 is 5.57 Å². The summed E-state index contributed by atoms with van der Waals surface area (Å²) in [6.07, 6.45) is 1.58. The van der Waals surface area contributed by atoms with Gasteiger partial charge in [-0.2, -0.15) is 18.3 Å². The third kappa shape index (κ3) is 2.13. The average molecular weight is 230 g/mol. The first-order chi connectivity index (χ1) is 7.48. The van der Waals surface area contributed by atoms with Crippen molar-refractivity contribution in [3.8, 4) is 0 Å². The molecule has 0 atom stereocenters. The van der Waals surface area contributed by atoms with E-state index in [-0.39, 0.29) is 0 Å². The van der Waals surface area contributed by atoms with Crippen LogP contribution in [-0.4, -0.2) is 9.78 Å². The van der Waals surface area contributed by atoms with E-state index >= 15 is 0 Å². The van der Waals surface area contributed by atoms with E-state index in [0.717, 1.165) is 42.0 Å². The summed E-state index contributed by atoms with van der Waals surface area (Å²) in [5.74, 6) is 0. The molecule has 0 spiro atoms. The normalized spacial score (nSPS) is 17.4. The van der Waals surface area contributed by atoms with Gasteiger partial charge in [0.1, 0.15) is 5.69 Å². The molecule has 5 heteroatoms. The number of hydrogen-bond donors (Lipinski definition) is 0. The summed E-state index contributed by atoms with van der Waals surface area (Å²) in [5.41, 5.74) is 0.723. The lowest BCUT2D eigenvalue weighted by Gasteiger charge is -2.09. The fourth-order valence-electron chi connectivity index (χ4n) is 1.96. The van der Waals surface area contributed by atoms with Crippen molar-refractivity contribution in [2.45, 2.75) is 31.9 Å². The van der Waals surface area contributed by atoms with Crippen molar-refractivity contribution in [2.24, 2.45) is 7.05 Å². The third-order valence-electron chi connectivity index (χ3n) is 2.79. The summed E-state index contributed by atoms with van der Waals surface area (Å²) in [7, 11) is 1.33. The zero-order valence-corrected chi connectivity index (χ0v) is 9.01. The lowest BCUT2D eigenvalue weighted by Crippen LogP contribution is -2.11. The molecule has 0 N–H and O–H groups in total. The van der Waals surface area contributed by atoms with Crippen LogP contribution in [0.5, 0.6) is 0 Å². The van der Waals surface area contributed by atoms with E-state index in [1.807, 2.05) is 6.08 Å². The summed E-state index contributed by atoms with van der Waals surface area (Å²) in [6, 6.07) is 1.14. The van der Waals surface area contributed by atoms with Gasteiger partial charge in [0.25, 0.3) is 0 Å². The highest BCUT2D eigenvalue weighted by Gasteiger charge is 2.35. The lowest BCUT2D eigenvalue weighted by molar-refractivity contribution is -0.143. The Morgan fingerprint density at radius 1 is 1.31 bits per heavy atom. The molecule has 0 unspecified atom stereocenters. The SMILES string of the molecule is Cn1nc(C2=CCCCC2)cc1C(F)(F)F. The maximum atomic E-state index is 12.5. The maximum Gasteiger partial charge on any atom is 0.433 e. The Morgan fingerprint density at radius 3 is 2.56 bits per heavy atom. The number of alkyl halides is 3. The Bertz CT molecular complexity index is 415. The van der Waals surface area contributed by atoms with Gasteiger partial charge in [0.2, 0.25) is 0 Å². The number of aromatic nitrogens is 2.